The summed E-state index contributed by atoms with van der Waals surface area (Å²) in [5.41, 5.74) is 4.13. The molecule has 38 heavy (non-hydrogen) atoms. The number of carbonyl (C=O) groups is 1. The topological polar surface area (TPSA) is 78.5 Å². The Kier molecular flexibility index (Phi) is 8.37. The first-order valence-corrected chi connectivity index (χ1v) is 15.0. The number of carbonyl (C=O) groups excluding carboxylic acids is 1. The summed E-state index contributed by atoms with van der Waals surface area (Å²) in [6.45, 7) is 2.98. The number of likely N-dealkylation sites (tertiary alicyclic amines) is 1. The summed E-state index contributed by atoms with van der Waals surface area (Å²) in [5.74, 6) is -0.217. The molecule has 2 fully saturated rings. The van der Waals surface area contributed by atoms with E-state index in [1.807, 2.05) is 18.2 Å². The molecule has 5 rings (SSSR count). The molecule has 1 amide bonds. The van der Waals surface area contributed by atoms with Gasteiger partial charge in [-0.3, -0.25) is 9.69 Å². The van der Waals surface area contributed by atoms with Crippen molar-refractivity contribution in [3.8, 4) is 0 Å². The minimum Gasteiger partial charge on any atom is -0.311 e. The molecule has 2 atom stereocenters. The van der Waals surface area contributed by atoms with Crippen molar-refractivity contribution < 1.29 is 13.2 Å². The lowest BCUT2D eigenvalue weighted by Crippen LogP contribution is -2.43. The normalized spacial score (nSPS) is 20.4. The third kappa shape index (κ3) is 7.63. The molecule has 2 N–H and O–H groups in total. The Balaban J connectivity index is 1.06. The lowest BCUT2D eigenvalue weighted by atomic mass is 10.0. The highest BCUT2D eigenvalue weighted by Crippen LogP contribution is 2.41. The van der Waals surface area contributed by atoms with Crippen molar-refractivity contribution in [3.63, 3.8) is 0 Å². The van der Waals surface area contributed by atoms with Crippen molar-refractivity contribution in [1.29, 1.82) is 0 Å². The number of nitrogens with one attached hydrogen (secondary N) is 2. The zero-order valence-electron chi connectivity index (χ0n) is 21.5. The van der Waals surface area contributed by atoms with Crippen LogP contribution in [0.1, 0.15) is 47.4 Å². The first-order valence-electron chi connectivity index (χ1n) is 13.3. The fourth-order valence-corrected chi connectivity index (χ4v) is 6.33. The molecule has 6 nitrogen and oxygen atoms in total. The van der Waals surface area contributed by atoms with Gasteiger partial charge in [0.15, 0.2) is 0 Å². The maximum Gasteiger partial charge on any atom is 0.257 e. The number of nitrogens with zero attached hydrogens (tertiary/aromatic N) is 1. The molecule has 0 spiro atoms. The van der Waals surface area contributed by atoms with Crippen LogP contribution in [0.2, 0.25) is 0 Å². The van der Waals surface area contributed by atoms with Crippen molar-refractivity contribution >= 4 is 22.0 Å². The van der Waals surface area contributed by atoms with E-state index in [1.165, 1.54) is 23.6 Å². The van der Waals surface area contributed by atoms with Crippen LogP contribution in [-0.2, 0) is 27.1 Å². The molecule has 1 saturated heterocycles. The summed E-state index contributed by atoms with van der Waals surface area (Å²) >= 11 is 0. The molecule has 7 heteroatoms. The largest absolute Gasteiger partial charge is 0.311 e. The van der Waals surface area contributed by atoms with Gasteiger partial charge >= 0.3 is 0 Å². The average molecular weight is 530 g/mol. The summed E-state index contributed by atoms with van der Waals surface area (Å²) in [6, 6.07) is 28.8. The molecule has 0 unspecified atom stereocenters. The number of rotatable bonds is 10. The zero-order chi connectivity index (χ0) is 26.4. The number of piperidine rings is 1. The lowest BCUT2D eigenvalue weighted by molar-refractivity contribution is -0.114. The molecule has 1 heterocycles. The molecule has 2 aliphatic rings. The SMILES string of the molecule is O=C(C=Cc1cccc(CN2CCC(N[C@@H]3C[C@H]3c3ccccc3)CC2)c1)NS(=O)(=O)Cc1ccccc1. The van der Waals surface area contributed by atoms with Gasteiger partial charge in [-0.25, -0.2) is 13.1 Å². The Morgan fingerprint density at radius 2 is 1.58 bits per heavy atom. The maximum absolute atomic E-state index is 12.3. The summed E-state index contributed by atoms with van der Waals surface area (Å²) in [4.78, 5) is 14.7. The molecule has 3 aromatic carbocycles. The summed E-state index contributed by atoms with van der Waals surface area (Å²) in [6.07, 6.45) is 6.47. The van der Waals surface area contributed by atoms with Crippen molar-refractivity contribution in [2.45, 2.75) is 49.6 Å². The van der Waals surface area contributed by atoms with Crippen LogP contribution in [0.15, 0.2) is 91.0 Å². The van der Waals surface area contributed by atoms with Gasteiger partial charge in [0.25, 0.3) is 5.91 Å². The highest BCUT2D eigenvalue weighted by molar-refractivity contribution is 7.89. The van der Waals surface area contributed by atoms with E-state index in [2.05, 4.69) is 57.4 Å². The Hall–Kier alpha value is -3.26. The van der Waals surface area contributed by atoms with Gasteiger partial charge in [0.05, 0.1) is 5.75 Å². The first kappa shape index (κ1) is 26.4. The van der Waals surface area contributed by atoms with Crippen LogP contribution in [0.3, 0.4) is 0 Å². The molecule has 0 bridgehead atoms. The molecule has 0 aromatic heterocycles. The molecular weight excluding hydrogens is 494 g/mol. The number of hydrogen-bond donors (Lipinski definition) is 2. The second-order valence-corrected chi connectivity index (χ2v) is 12.1. The minimum atomic E-state index is -3.75. The van der Waals surface area contributed by atoms with Crippen LogP contribution in [0.5, 0.6) is 0 Å². The lowest BCUT2D eigenvalue weighted by Gasteiger charge is -2.32. The van der Waals surface area contributed by atoms with Gasteiger partial charge in [0.2, 0.25) is 10.0 Å². The van der Waals surface area contributed by atoms with E-state index in [4.69, 9.17) is 0 Å². The maximum atomic E-state index is 12.3. The number of amides is 1. The Morgan fingerprint density at radius 3 is 2.32 bits per heavy atom. The van der Waals surface area contributed by atoms with E-state index in [1.54, 1.807) is 30.3 Å². The third-order valence-electron chi connectivity index (χ3n) is 7.30. The molecule has 1 saturated carbocycles. The van der Waals surface area contributed by atoms with E-state index in [0.717, 1.165) is 38.0 Å². The van der Waals surface area contributed by atoms with Gasteiger partial charge in [-0.05, 0) is 60.7 Å². The van der Waals surface area contributed by atoms with Crippen LogP contribution in [-0.4, -0.2) is 44.4 Å². The Labute approximate surface area is 225 Å². The van der Waals surface area contributed by atoms with Crippen molar-refractivity contribution in [2.75, 3.05) is 13.1 Å². The van der Waals surface area contributed by atoms with E-state index in [-0.39, 0.29) is 5.75 Å². The van der Waals surface area contributed by atoms with Gasteiger partial charge < -0.3 is 5.32 Å². The van der Waals surface area contributed by atoms with Gasteiger partial charge in [-0.15, -0.1) is 0 Å². The number of sulfonamides is 1. The third-order valence-corrected chi connectivity index (χ3v) is 8.52. The van der Waals surface area contributed by atoms with Crippen LogP contribution in [0.4, 0.5) is 0 Å². The second kappa shape index (κ2) is 12.1. The molecule has 198 valence electrons. The van der Waals surface area contributed by atoms with Crippen molar-refractivity contribution in [3.05, 3.63) is 113 Å². The van der Waals surface area contributed by atoms with Gasteiger partial charge in [0, 0.05) is 30.6 Å². The average Bonchev–Trinajstić information content (AvgIpc) is 3.68. The Bertz CT molecular complexity index is 1350. The number of benzene rings is 3. The quantitative estimate of drug-likeness (QED) is 0.379. The predicted molar refractivity (Wildman–Crippen MR) is 152 cm³/mol. The van der Waals surface area contributed by atoms with Crippen molar-refractivity contribution in [1.82, 2.24) is 14.9 Å². The molecule has 1 aliphatic carbocycles. The van der Waals surface area contributed by atoms with Gasteiger partial charge in [-0.2, -0.15) is 0 Å². The predicted octanol–water partition coefficient (Wildman–Crippen LogP) is 4.46. The van der Waals surface area contributed by atoms with Crippen LogP contribution in [0.25, 0.3) is 6.08 Å². The van der Waals surface area contributed by atoms with Crippen LogP contribution in [0, 0.1) is 0 Å². The molecular formula is C31H35N3O3S. The van der Waals surface area contributed by atoms with Crippen LogP contribution < -0.4 is 10.0 Å². The van der Waals surface area contributed by atoms with Crippen molar-refractivity contribution in [2.24, 2.45) is 0 Å². The van der Waals surface area contributed by atoms with E-state index >= 15 is 0 Å². The fraction of sp³-hybridized carbons (Fsp3) is 0.323. The highest BCUT2D eigenvalue weighted by atomic mass is 32.2. The second-order valence-electron chi connectivity index (χ2n) is 10.4. The van der Waals surface area contributed by atoms with E-state index < -0.39 is 15.9 Å². The van der Waals surface area contributed by atoms with Gasteiger partial charge in [0.1, 0.15) is 0 Å². The fourth-order valence-electron chi connectivity index (χ4n) is 5.25. The minimum absolute atomic E-state index is 0.233. The summed E-state index contributed by atoms with van der Waals surface area (Å²) < 4.78 is 26.7. The van der Waals surface area contributed by atoms with E-state index in [0.29, 0.717) is 23.6 Å². The number of hydrogen-bond acceptors (Lipinski definition) is 5. The standard InChI is InChI=1S/C31H35N3O3S/c35-31(33-38(36,37)23-25-8-3-1-4-9-25)15-14-24-10-7-11-26(20-24)22-34-18-16-28(17-19-34)32-30-21-29(30)27-12-5-2-6-13-27/h1-15,20,28-30,32H,16-19,21-23H2,(H,33,35)/t29-,30+/m0/s1. The monoisotopic (exact) mass is 529 g/mol. The highest BCUT2D eigenvalue weighted by Gasteiger charge is 2.39. The first-order chi connectivity index (χ1) is 18.4. The zero-order valence-corrected chi connectivity index (χ0v) is 22.3. The summed E-state index contributed by atoms with van der Waals surface area (Å²) in [5, 5.41) is 3.88. The Morgan fingerprint density at radius 1 is 0.895 bits per heavy atom. The smallest absolute Gasteiger partial charge is 0.257 e. The molecule has 3 aromatic rings. The molecule has 0 radical (unpaired) electrons. The molecule has 1 aliphatic heterocycles. The summed E-state index contributed by atoms with van der Waals surface area (Å²) in [7, 11) is -3.75. The van der Waals surface area contributed by atoms with Gasteiger partial charge in [-0.1, -0.05) is 84.9 Å². The van der Waals surface area contributed by atoms with E-state index in [9.17, 15) is 13.2 Å². The van der Waals surface area contributed by atoms with Crippen LogP contribution >= 0.6 is 0 Å².